The SMILES string of the molecule is Cc1nc(N2CC(C)CC(C(=O)O)C2)c(Cl)cc1C#N. The number of hydrogen-bond donors (Lipinski definition) is 1. The van der Waals surface area contributed by atoms with Gasteiger partial charge in [0.25, 0.3) is 0 Å². The van der Waals surface area contributed by atoms with E-state index < -0.39 is 11.9 Å². The van der Waals surface area contributed by atoms with E-state index in [1.54, 1.807) is 13.0 Å². The predicted octanol–water partition coefficient (Wildman–Crippen LogP) is 2.46. The van der Waals surface area contributed by atoms with Gasteiger partial charge in [-0.1, -0.05) is 18.5 Å². The summed E-state index contributed by atoms with van der Waals surface area (Å²) in [5.41, 5.74) is 1.05. The van der Waals surface area contributed by atoms with Crippen LogP contribution in [-0.2, 0) is 4.79 Å². The zero-order valence-electron chi connectivity index (χ0n) is 11.4. The maximum absolute atomic E-state index is 11.2. The third-order valence-electron chi connectivity index (χ3n) is 3.58. The Labute approximate surface area is 122 Å². The lowest BCUT2D eigenvalue weighted by Crippen LogP contribution is -2.43. The van der Waals surface area contributed by atoms with Gasteiger partial charge < -0.3 is 10.0 Å². The van der Waals surface area contributed by atoms with E-state index in [-0.39, 0.29) is 5.92 Å². The zero-order chi connectivity index (χ0) is 14.9. The van der Waals surface area contributed by atoms with Gasteiger partial charge in [-0.25, -0.2) is 4.98 Å². The molecule has 5 nitrogen and oxygen atoms in total. The van der Waals surface area contributed by atoms with E-state index in [1.165, 1.54) is 0 Å². The molecule has 1 aliphatic heterocycles. The molecule has 0 saturated carbocycles. The number of aryl methyl sites for hydroxylation is 1. The summed E-state index contributed by atoms with van der Waals surface area (Å²) in [7, 11) is 0. The molecule has 6 heteroatoms. The highest BCUT2D eigenvalue weighted by Gasteiger charge is 2.31. The van der Waals surface area contributed by atoms with Crippen LogP contribution in [0.5, 0.6) is 0 Å². The van der Waals surface area contributed by atoms with Crippen molar-refractivity contribution in [2.75, 3.05) is 18.0 Å². The number of nitriles is 1. The Bertz CT molecular complexity index is 583. The minimum Gasteiger partial charge on any atom is -0.481 e. The summed E-state index contributed by atoms with van der Waals surface area (Å²) in [4.78, 5) is 17.5. The fourth-order valence-corrected chi connectivity index (χ4v) is 2.88. The molecule has 106 valence electrons. The highest BCUT2D eigenvalue weighted by Crippen LogP contribution is 2.31. The molecule has 1 saturated heterocycles. The van der Waals surface area contributed by atoms with Crippen molar-refractivity contribution >= 4 is 23.4 Å². The van der Waals surface area contributed by atoms with Crippen molar-refractivity contribution in [3.63, 3.8) is 0 Å². The predicted molar refractivity (Wildman–Crippen MR) is 75.8 cm³/mol. The number of rotatable bonds is 2. The summed E-state index contributed by atoms with van der Waals surface area (Å²) in [6.45, 7) is 4.90. The van der Waals surface area contributed by atoms with Gasteiger partial charge in [-0.3, -0.25) is 4.79 Å². The number of aromatic nitrogens is 1. The molecule has 0 aromatic carbocycles. The van der Waals surface area contributed by atoms with Crippen molar-refractivity contribution in [2.24, 2.45) is 11.8 Å². The van der Waals surface area contributed by atoms with Crippen molar-refractivity contribution in [3.05, 3.63) is 22.3 Å². The largest absolute Gasteiger partial charge is 0.481 e. The molecule has 0 bridgehead atoms. The van der Waals surface area contributed by atoms with Crippen LogP contribution < -0.4 is 4.90 Å². The van der Waals surface area contributed by atoms with Gasteiger partial charge in [-0.05, 0) is 25.3 Å². The number of carboxylic acids is 1. The summed E-state index contributed by atoms with van der Waals surface area (Å²) in [6.07, 6.45) is 0.665. The molecule has 1 N–H and O–H groups in total. The lowest BCUT2D eigenvalue weighted by Gasteiger charge is -2.36. The van der Waals surface area contributed by atoms with Crippen LogP contribution in [0.15, 0.2) is 6.07 Å². The van der Waals surface area contributed by atoms with Crippen LogP contribution in [0, 0.1) is 30.1 Å². The van der Waals surface area contributed by atoms with E-state index in [0.717, 1.165) is 6.54 Å². The van der Waals surface area contributed by atoms with Crippen molar-refractivity contribution in [1.29, 1.82) is 5.26 Å². The molecule has 20 heavy (non-hydrogen) atoms. The third-order valence-corrected chi connectivity index (χ3v) is 3.86. The second-order valence-corrected chi connectivity index (χ2v) is 5.73. The van der Waals surface area contributed by atoms with Crippen LogP contribution in [0.4, 0.5) is 5.82 Å². The van der Waals surface area contributed by atoms with E-state index in [9.17, 15) is 9.90 Å². The van der Waals surface area contributed by atoms with Crippen molar-refractivity contribution < 1.29 is 9.90 Å². The number of carbonyl (C=O) groups is 1. The highest BCUT2D eigenvalue weighted by atomic mass is 35.5. The monoisotopic (exact) mass is 293 g/mol. The molecule has 0 aliphatic carbocycles. The molecule has 1 aliphatic rings. The Morgan fingerprint density at radius 1 is 1.60 bits per heavy atom. The minimum absolute atomic E-state index is 0.263. The molecule has 2 rings (SSSR count). The summed E-state index contributed by atoms with van der Waals surface area (Å²) in [5.74, 6) is -0.366. The normalized spacial score (nSPS) is 22.4. The quantitative estimate of drug-likeness (QED) is 0.906. The highest BCUT2D eigenvalue weighted by molar-refractivity contribution is 6.33. The Kier molecular flexibility index (Phi) is 4.15. The number of aliphatic carboxylic acids is 1. The standard InChI is InChI=1S/C14H16ClN3O2/c1-8-3-11(14(19)20)7-18(6-8)13-12(15)4-10(5-16)9(2)17-13/h4,8,11H,3,6-7H2,1-2H3,(H,19,20). The van der Waals surface area contributed by atoms with Gasteiger partial charge in [-0.15, -0.1) is 0 Å². The Morgan fingerprint density at radius 2 is 2.30 bits per heavy atom. The molecule has 0 spiro atoms. The minimum atomic E-state index is -0.789. The summed E-state index contributed by atoms with van der Waals surface area (Å²) >= 11 is 6.19. The van der Waals surface area contributed by atoms with Gasteiger partial charge in [0.2, 0.25) is 0 Å². The third kappa shape index (κ3) is 2.86. The van der Waals surface area contributed by atoms with Gasteiger partial charge in [0.15, 0.2) is 0 Å². The molecule has 1 aromatic rings. The maximum atomic E-state index is 11.2. The number of hydrogen-bond acceptors (Lipinski definition) is 4. The second kappa shape index (κ2) is 5.68. The van der Waals surface area contributed by atoms with E-state index in [2.05, 4.69) is 4.98 Å². The maximum Gasteiger partial charge on any atom is 0.308 e. The van der Waals surface area contributed by atoms with Gasteiger partial charge in [-0.2, -0.15) is 5.26 Å². The van der Waals surface area contributed by atoms with Crippen molar-refractivity contribution in [3.8, 4) is 6.07 Å². The van der Waals surface area contributed by atoms with Gasteiger partial charge in [0.1, 0.15) is 11.9 Å². The number of halogens is 1. The summed E-state index contributed by atoms with van der Waals surface area (Å²) in [6, 6.07) is 3.63. The van der Waals surface area contributed by atoms with Crippen LogP contribution in [0.25, 0.3) is 0 Å². The van der Waals surface area contributed by atoms with E-state index in [4.69, 9.17) is 16.9 Å². The molecular weight excluding hydrogens is 278 g/mol. The first kappa shape index (κ1) is 14.6. The number of nitrogens with zero attached hydrogens (tertiary/aromatic N) is 3. The van der Waals surface area contributed by atoms with E-state index in [1.807, 2.05) is 17.9 Å². The fourth-order valence-electron chi connectivity index (χ4n) is 2.61. The summed E-state index contributed by atoms with van der Waals surface area (Å²) < 4.78 is 0. The smallest absolute Gasteiger partial charge is 0.308 e. The molecule has 1 aromatic heterocycles. The lowest BCUT2D eigenvalue weighted by atomic mass is 9.90. The lowest BCUT2D eigenvalue weighted by molar-refractivity contribution is -0.142. The van der Waals surface area contributed by atoms with Crippen molar-refractivity contribution in [2.45, 2.75) is 20.3 Å². The first-order valence-electron chi connectivity index (χ1n) is 6.47. The molecule has 2 heterocycles. The average Bonchev–Trinajstić information content (AvgIpc) is 2.40. The Morgan fingerprint density at radius 3 is 2.90 bits per heavy atom. The molecule has 0 amide bonds. The first-order valence-corrected chi connectivity index (χ1v) is 6.85. The molecule has 0 radical (unpaired) electrons. The van der Waals surface area contributed by atoms with E-state index >= 15 is 0 Å². The molecule has 1 fully saturated rings. The second-order valence-electron chi connectivity index (χ2n) is 5.32. The van der Waals surface area contributed by atoms with Crippen LogP contribution in [-0.4, -0.2) is 29.1 Å². The van der Waals surface area contributed by atoms with Gasteiger partial charge in [0.05, 0.1) is 22.2 Å². The summed E-state index contributed by atoms with van der Waals surface area (Å²) in [5, 5.41) is 18.6. The zero-order valence-corrected chi connectivity index (χ0v) is 12.2. The Hall–Kier alpha value is -1.80. The first-order chi connectivity index (χ1) is 9.42. The number of pyridine rings is 1. The molecule has 2 atom stereocenters. The average molecular weight is 294 g/mol. The number of piperidine rings is 1. The Balaban J connectivity index is 2.33. The van der Waals surface area contributed by atoms with E-state index in [0.29, 0.717) is 35.1 Å². The van der Waals surface area contributed by atoms with Gasteiger partial charge in [0, 0.05) is 13.1 Å². The van der Waals surface area contributed by atoms with Crippen LogP contribution in [0.2, 0.25) is 5.02 Å². The fraction of sp³-hybridized carbons (Fsp3) is 0.500. The van der Waals surface area contributed by atoms with Crippen LogP contribution in [0.3, 0.4) is 0 Å². The van der Waals surface area contributed by atoms with Crippen LogP contribution >= 0.6 is 11.6 Å². The van der Waals surface area contributed by atoms with Crippen molar-refractivity contribution in [1.82, 2.24) is 4.98 Å². The topological polar surface area (TPSA) is 77.2 Å². The number of carboxylic acid groups (broad SMARTS) is 1. The van der Waals surface area contributed by atoms with Crippen LogP contribution in [0.1, 0.15) is 24.6 Å². The number of anilines is 1. The van der Waals surface area contributed by atoms with Gasteiger partial charge >= 0.3 is 5.97 Å². The molecule has 2 unspecified atom stereocenters. The molecular formula is C14H16ClN3O2.